The van der Waals surface area contributed by atoms with E-state index in [-0.39, 0.29) is 19.3 Å². The number of alkyl halides is 2. The van der Waals surface area contributed by atoms with E-state index >= 15 is 0 Å². The Labute approximate surface area is 128 Å². The minimum atomic E-state index is -2.66. The highest BCUT2D eigenvalue weighted by atomic mass is 79.9. The van der Waals surface area contributed by atoms with Crippen molar-refractivity contribution in [3.63, 3.8) is 0 Å². The summed E-state index contributed by atoms with van der Waals surface area (Å²) in [7, 11) is 0. The molecule has 0 bridgehead atoms. The molecule has 1 aliphatic carbocycles. The van der Waals surface area contributed by atoms with Crippen LogP contribution in [0.4, 0.5) is 13.6 Å². The second-order valence-corrected chi connectivity index (χ2v) is 6.02. The fourth-order valence-electron chi connectivity index (χ4n) is 2.70. The van der Waals surface area contributed by atoms with Gasteiger partial charge in [-0.25, -0.2) is 13.6 Å². The normalized spacial score (nSPS) is 17.8. The Hall–Kier alpha value is -1.69. The Balaban J connectivity index is 2.19. The number of hydrogen-bond acceptors (Lipinski definition) is 1. The number of rotatable bonds is 1. The second kappa shape index (κ2) is 4.94. The second-order valence-electron chi connectivity index (χ2n) is 5.17. The molecule has 0 radical (unpaired) electrons. The van der Waals surface area contributed by atoms with Gasteiger partial charge < -0.3 is 5.73 Å². The number of amides is 1. The highest BCUT2D eigenvalue weighted by Crippen LogP contribution is 2.38. The molecule has 0 saturated carbocycles. The van der Waals surface area contributed by atoms with Gasteiger partial charge in [0.05, 0.1) is 11.2 Å². The highest BCUT2D eigenvalue weighted by Gasteiger charge is 2.32. The molecule has 1 heterocycles. The van der Waals surface area contributed by atoms with E-state index in [2.05, 4.69) is 15.9 Å². The molecule has 2 aromatic rings. The van der Waals surface area contributed by atoms with Gasteiger partial charge in [-0.2, -0.15) is 0 Å². The van der Waals surface area contributed by atoms with Crippen molar-refractivity contribution in [1.29, 1.82) is 0 Å². The van der Waals surface area contributed by atoms with Crippen molar-refractivity contribution in [2.45, 2.75) is 25.2 Å². The maximum atomic E-state index is 13.3. The Morgan fingerprint density at radius 3 is 2.76 bits per heavy atom. The molecule has 6 heteroatoms. The molecular weight excluding hydrogens is 342 g/mol. The maximum absolute atomic E-state index is 13.3. The fourth-order valence-corrected chi connectivity index (χ4v) is 3.17. The Morgan fingerprint density at radius 1 is 1.38 bits per heavy atom. The van der Waals surface area contributed by atoms with Crippen LogP contribution in [0.1, 0.15) is 25.0 Å². The molecule has 21 heavy (non-hydrogen) atoms. The van der Waals surface area contributed by atoms with Gasteiger partial charge in [-0.05, 0) is 30.2 Å². The molecule has 0 spiro atoms. The van der Waals surface area contributed by atoms with E-state index in [1.54, 1.807) is 12.1 Å². The van der Waals surface area contributed by atoms with Crippen LogP contribution in [0.2, 0.25) is 0 Å². The number of fused-ring (bicyclic) bond motifs is 1. The number of benzene rings is 1. The van der Waals surface area contributed by atoms with Crippen molar-refractivity contribution in [3.05, 3.63) is 40.5 Å². The van der Waals surface area contributed by atoms with Gasteiger partial charge in [-0.1, -0.05) is 28.1 Å². The van der Waals surface area contributed by atoms with Crippen LogP contribution >= 0.6 is 15.9 Å². The predicted molar refractivity (Wildman–Crippen MR) is 81.4 cm³/mol. The van der Waals surface area contributed by atoms with Crippen LogP contribution in [-0.4, -0.2) is 16.5 Å². The number of allylic oxidation sites excluding steroid dienone is 2. The van der Waals surface area contributed by atoms with E-state index < -0.39 is 12.0 Å². The maximum Gasteiger partial charge on any atom is 0.323 e. The number of hydrogen-bond donors (Lipinski definition) is 1. The van der Waals surface area contributed by atoms with Crippen molar-refractivity contribution < 1.29 is 13.6 Å². The van der Waals surface area contributed by atoms with Crippen molar-refractivity contribution in [3.8, 4) is 0 Å². The van der Waals surface area contributed by atoms with E-state index in [1.165, 1.54) is 10.6 Å². The number of carbonyl (C=O) groups is 1. The van der Waals surface area contributed by atoms with Gasteiger partial charge >= 0.3 is 6.03 Å². The summed E-state index contributed by atoms with van der Waals surface area (Å²) in [4.78, 5) is 11.8. The predicted octanol–water partition coefficient (Wildman–Crippen LogP) is 4.53. The number of primary amides is 1. The molecule has 3 nitrogen and oxygen atoms in total. The van der Waals surface area contributed by atoms with Crippen LogP contribution < -0.4 is 5.73 Å². The molecule has 110 valence electrons. The zero-order chi connectivity index (χ0) is 15.2. The third kappa shape index (κ3) is 2.48. The summed E-state index contributed by atoms with van der Waals surface area (Å²) in [5.74, 6) is -2.66. The average Bonchev–Trinajstić information content (AvgIpc) is 2.79. The third-order valence-electron chi connectivity index (χ3n) is 3.75. The molecule has 1 aromatic heterocycles. The number of carbonyl (C=O) groups excluding carboxylic acids is 1. The smallest absolute Gasteiger partial charge is 0.323 e. The molecule has 1 aliphatic rings. The quantitative estimate of drug-likeness (QED) is 0.803. The summed E-state index contributed by atoms with van der Waals surface area (Å²) in [6, 6.07) is 6.66. The Kier molecular flexibility index (Phi) is 3.36. The number of nitrogens with zero attached hydrogens (tertiary/aromatic N) is 1. The van der Waals surface area contributed by atoms with Crippen LogP contribution in [0.5, 0.6) is 0 Å². The fraction of sp³-hybridized carbons (Fsp3) is 0.267. The first kappa shape index (κ1) is 14.3. The van der Waals surface area contributed by atoms with E-state index in [4.69, 9.17) is 5.73 Å². The van der Waals surface area contributed by atoms with E-state index in [9.17, 15) is 13.6 Å². The van der Waals surface area contributed by atoms with Crippen LogP contribution in [0.15, 0.2) is 34.8 Å². The lowest BCUT2D eigenvalue weighted by Crippen LogP contribution is -2.23. The van der Waals surface area contributed by atoms with Gasteiger partial charge in [0.15, 0.2) is 0 Å². The van der Waals surface area contributed by atoms with Gasteiger partial charge in [0, 0.05) is 22.7 Å². The number of nitrogens with two attached hydrogens (primary N) is 1. The monoisotopic (exact) mass is 354 g/mol. The standard InChI is InChI=1S/C15H13BrF2N2O/c16-11-2-1-3-12-10(11)8-13(20(12)14(19)21)9-4-6-15(17,18)7-5-9/h1-4,8H,5-7H2,(H2,19,21). The molecule has 0 saturated heterocycles. The van der Waals surface area contributed by atoms with Crippen molar-refractivity contribution in [2.24, 2.45) is 5.73 Å². The first-order valence-electron chi connectivity index (χ1n) is 6.56. The lowest BCUT2D eigenvalue weighted by Gasteiger charge is -2.21. The van der Waals surface area contributed by atoms with Gasteiger partial charge in [-0.15, -0.1) is 0 Å². The first-order valence-corrected chi connectivity index (χ1v) is 7.35. The topological polar surface area (TPSA) is 48.0 Å². The zero-order valence-electron chi connectivity index (χ0n) is 11.1. The molecule has 0 fully saturated rings. The zero-order valence-corrected chi connectivity index (χ0v) is 12.7. The van der Waals surface area contributed by atoms with Crippen LogP contribution in [0.25, 0.3) is 16.5 Å². The van der Waals surface area contributed by atoms with Gasteiger partial charge in [0.2, 0.25) is 0 Å². The molecule has 1 amide bonds. The summed E-state index contributed by atoms with van der Waals surface area (Å²) in [6.07, 6.45) is 1.23. The van der Waals surface area contributed by atoms with Crippen LogP contribution in [0.3, 0.4) is 0 Å². The van der Waals surface area contributed by atoms with Crippen molar-refractivity contribution >= 4 is 38.4 Å². The van der Waals surface area contributed by atoms with Crippen LogP contribution in [-0.2, 0) is 0 Å². The largest absolute Gasteiger partial charge is 0.351 e. The molecule has 3 rings (SSSR count). The van der Waals surface area contributed by atoms with E-state index in [1.807, 2.05) is 12.1 Å². The lowest BCUT2D eigenvalue weighted by molar-refractivity contribution is -0.00605. The summed E-state index contributed by atoms with van der Waals surface area (Å²) in [5.41, 5.74) is 7.48. The van der Waals surface area contributed by atoms with Crippen LogP contribution in [0, 0.1) is 0 Å². The molecule has 0 aliphatic heterocycles. The Morgan fingerprint density at radius 2 is 2.14 bits per heavy atom. The minimum absolute atomic E-state index is 0.208. The Bertz CT molecular complexity index is 764. The third-order valence-corrected chi connectivity index (χ3v) is 4.44. The summed E-state index contributed by atoms with van der Waals surface area (Å²) < 4.78 is 28.8. The summed E-state index contributed by atoms with van der Waals surface area (Å²) in [5, 5.41) is 0.838. The van der Waals surface area contributed by atoms with Crippen molar-refractivity contribution in [1.82, 2.24) is 4.57 Å². The minimum Gasteiger partial charge on any atom is -0.351 e. The summed E-state index contributed by atoms with van der Waals surface area (Å²) in [6.45, 7) is 0. The summed E-state index contributed by atoms with van der Waals surface area (Å²) >= 11 is 3.43. The van der Waals surface area contributed by atoms with Gasteiger partial charge in [0.1, 0.15) is 0 Å². The van der Waals surface area contributed by atoms with E-state index in [0.717, 1.165) is 15.4 Å². The molecule has 2 N–H and O–H groups in total. The first-order chi connectivity index (χ1) is 9.89. The van der Waals surface area contributed by atoms with Gasteiger partial charge in [-0.3, -0.25) is 4.57 Å². The lowest BCUT2D eigenvalue weighted by atomic mass is 9.94. The number of aromatic nitrogens is 1. The van der Waals surface area contributed by atoms with Gasteiger partial charge in [0.25, 0.3) is 5.92 Å². The average molecular weight is 355 g/mol. The highest BCUT2D eigenvalue weighted by molar-refractivity contribution is 9.10. The number of halogens is 3. The molecule has 0 unspecified atom stereocenters. The molecular formula is C15H13BrF2N2O. The van der Waals surface area contributed by atoms with Crippen molar-refractivity contribution in [2.75, 3.05) is 0 Å². The SMILES string of the molecule is NC(=O)n1c(C2=CCC(F)(F)CC2)cc2c(Br)cccc21. The molecule has 0 atom stereocenters. The molecule has 1 aromatic carbocycles. The van der Waals surface area contributed by atoms with E-state index in [0.29, 0.717) is 11.2 Å².